The largest absolute Gasteiger partial charge is 0.281 e. The lowest BCUT2D eigenvalue weighted by molar-refractivity contribution is 0.584. The predicted octanol–water partition coefficient (Wildman–Crippen LogP) is 3.94. The van der Waals surface area contributed by atoms with E-state index in [0.717, 1.165) is 4.79 Å². The molecule has 3 aromatic carbocycles. The SMILES string of the molecule is O=S(=O)(Nn1nc(S(=O)(=O)Nc2ccccc2)cc1-c1ccc(Cl)cc1)c1ccccc1. The number of rotatable bonds is 7. The Morgan fingerprint density at radius 3 is 1.97 bits per heavy atom. The Kier molecular flexibility index (Phi) is 5.92. The molecule has 0 saturated carbocycles. The van der Waals surface area contributed by atoms with Gasteiger partial charge in [0.15, 0.2) is 5.03 Å². The fraction of sp³-hybridized carbons (Fsp3) is 0. The van der Waals surface area contributed by atoms with E-state index in [1.807, 2.05) is 0 Å². The normalized spacial score (nSPS) is 11.8. The summed E-state index contributed by atoms with van der Waals surface area (Å²) in [6.45, 7) is 0. The first-order valence-corrected chi connectivity index (χ1v) is 12.6. The second-order valence-corrected chi connectivity index (χ2v) is 10.4. The molecule has 164 valence electrons. The standard InChI is InChI=1S/C21H17ClN4O4S2/c22-17-13-11-16(12-14-17)20-15-21(32(29,30)24-18-7-3-1-4-8-18)23-26(20)25-31(27,28)19-9-5-2-6-10-19/h1-15,24-25H. The van der Waals surface area contributed by atoms with Gasteiger partial charge in [-0.05, 0) is 36.4 Å². The summed E-state index contributed by atoms with van der Waals surface area (Å²) >= 11 is 5.95. The zero-order chi connectivity index (χ0) is 22.8. The third-order valence-corrected chi connectivity index (χ3v) is 7.20. The molecule has 0 radical (unpaired) electrons. The lowest BCUT2D eigenvalue weighted by Crippen LogP contribution is -2.25. The zero-order valence-corrected chi connectivity index (χ0v) is 18.8. The molecule has 0 atom stereocenters. The minimum absolute atomic E-state index is 0.00405. The van der Waals surface area contributed by atoms with Crippen LogP contribution < -0.4 is 9.55 Å². The summed E-state index contributed by atoms with van der Waals surface area (Å²) in [6, 6.07) is 23.7. The molecular weight excluding hydrogens is 472 g/mol. The molecule has 4 aromatic rings. The summed E-state index contributed by atoms with van der Waals surface area (Å²) in [6.07, 6.45) is 0. The quantitative estimate of drug-likeness (QED) is 0.409. The minimum Gasteiger partial charge on any atom is -0.278 e. The van der Waals surface area contributed by atoms with Crippen LogP contribution in [0.5, 0.6) is 0 Å². The third-order valence-electron chi connectivity index (χ3n) is 4.39. The van der Waals surface area contributed by atoms with Gasteiger partial charge in [0.05, 0.1) is 10.6 Å². The number of halogens is 1. The lowest BCUT2D eigenvalue weighted by Gasteiger charge is -2.11. The number of nitrogens with zero attached hydrogens (tertiary/aromatic N) is 2. The van der Waals surface area contributed by atoms with Crippen LogP contribution in [0.4, 0.5) is 5.69 Å². The monoisotopic (exact) mass is 488 g/mol. The van der Waals surface area contributed by atoms with Gasteiger partial charge in [-0.3, -0.25) is 4.72 Å². The highest BCUT2D eigenvalue weighted by atomic mass is 35.5. The van der Waals surface area contributed by atoms with Gasteiger partial charge in [0.2, 0.25) is 0 Å². The van der Waals surface area contributed by atoms with Crippen molar-refractivity contribution in [2.75, 3.05) is 9.55 Å². The van der Waals surface area contributed by atoms with Gasteiger partial charge in [-0.25, -0.2) is 0 Å². The Morgan fingerprint density at radius 1 is 0.750 bits per heavy atom. The average molecular weight is 489 g/mol. The number of nitrogens with one attached hydrogen (secondary N) is 2. The van der Waals surface area contributed by atoms with E-state index in [9.17, 15) is 16.8 Å². The molecule has 1 aromatic heterocycles. The number of hydrogen-bond donors (Lipinski definition) is 2. The van der Waals surface area contributed by atoms with Gasteiger partial charge < -0.3 is 0 Å². The minimum atomic E-state index is -4.09. The molecule has 4 rings (SSSR count). The number of hydrogen-bond acceptors (Lipinski definition) is 5. The second-order valence-electron chi connectivity index (χ2n) is 6.67. The highest BCUT2D eigenvalue weighted by molar-refractivity contribution is 7.92. The van der Waals surface area contributed by atoms with Crippen molar-refractivity contribution in [3.63, 3.8) is 0 Å². The van der Waals surface area contributed by atoms with Crippen molar-refractivity contribution in [3.05, 3.63) is 96.0 Å². The molecule has 0 spiro atoms. The maximum Gasteiger partial charge on any atom is 0.281 e. The molecule has 2 N–H and O–H groups in total. The van der Waals surface area contributed by atoms with E-state index in [2.05, 4.69) is 14.7 Å². The van der Waals surface area contributed by atoms with Gasteiger partial charge in [-0.2, -0.15) is 26.5 Å². The number of anilines is 1. The molecule has 1 heterocycles. The van der Waals surface area contributed by atoms with Crippen molar-refractivity contribution in [2.45, 2.75) is 9.92 Å². The maximum absolute atomic E-state index is 12.9. The lowest BCUT2D eigenvalue weighted by atomic mass is 10.2. The van der Waals surface area contributed by atoms with E-state index in [4.69, 9.17) is 11.6 Å². The summed E-state index contributed by atoms with van der Waals surface area (Å²) in [5.74, 6) is 0. The highest BCUT2D eigenvalue weighted by Crippen LogP contribution is 2.25. The zero-order valence-electron chi connectivity index (χ0n) is 16.4. The Balaban J connectivity index is 1.78. The van der Waals surface area contributed by atoms with Gasteiger partial charge in [-0.1, -0.05) is 60.1 Å². The summed E-state index contributed by atoms with van der Waals surface area (Å²) in [5, 5.41) is 4.15. The number of aromatic nitrogens is 2. The molecule has 0 aliphatic rings. The van der Waals surface area contributed by atoms with Crippen LogP contribution in [0.25, 0.3) is 11.3 Å². The fourth-order valence-corrected chi connectivity index (χ4v) is 4.99. The van der Waals surface area contributed by atoms with E-state index in [-0.39, 0.29) is 15.6 Å². The average Bonchev–Trinajstić information content (AvgIpc) is 3.19. The molecule has 0 amide bonds. The summed E-state index contributed by atoms with van der Waals surface area (Å²) in [4.78, 5) is 3.25. The smallest absolute Gasteiger partial charge is 0.278 e. The topological polar surface area (TPSA) is 110 Å². The third kappa shape index (κ3) is 4.77. The molecule has 0 aliphatic heterocycles. The van der Waals surface area contributed by atoms with E-state index in [0.29, 0.717) is 16.3 Å². The van der Waals surface area contributed by atoms with E-state index in [1.54, 1.807) is 72.8 Å². The van der Waals surface area contributed by atoms with Gasteiger partial charge >= 0.3 is 0 Å². The number of para-hydroxylation sites is 1. The van der Waals surface area contributed by atoms with E-state index in [1.165, 1.54) is 18.2 Å². The Hall–Kier alpha value is -3.34. The summed E-state index contributed by atoms with van der Waals surface area (Å²) in [7, 11) is -8.13. The van der Waals surface area contributed by atoms with Crippen molar-refractivity contribution in [3.8, 4) is 11.3 Å². The molecule has 32 heavy (non-hydrogen) atoms. The van der Waals surface area contributed by atoms with Crippen molar-refractivity contribution >= 4 is 37.3 Å². The Labute approximate surface area is 190 Å². The number of sulfonamides is 2. The van der Waals surface area contributed by atoms with Crippen LogP contribution in [0, 0.1) is 0 Å². The molecule has 0 fully saturated rings. The molecule has 0 bridgehead atoms. The first-order chi connectivity index (χ1) is 15.2. The van der Waals surface area contributed by atoms with Gasteiger partial charge in [-0.15, -0.1) is 5.10 Å². The van der Waals surface area contributed by atoms with Crippen molar-refractivity contribution in [2.24, 2.45) is 0 Å². The molecular formula is C21H17ClN4O4S2. The van der Waals surface area contributed by atoms with Crippen LogP contribution in [0.1, 0.15) is 0 Å². The van der Waals surface area contributed by atoms with Crippen LogP contribution in [0.2, 0.25) is 5.02 Å². The van der Waals surface area contributed by atoms with E-state index < -0.39 is 20.0 Å². The molecule has 11 heteroatoms. The molecule has 8 nitrogen and oxygen atoms in total. The maximum atomic E-state index is 12.9. The van der Waals surface area contributed by atoms with Crippen LogP contribution >= 0.6 is 11.6 Å². The molecule has 0 aliphatic carbocycles. The molecule has 0 saturated heterocycles. The Morgan fingerprint density at radius 2 is 1.34 bits per heavy atom. The highest BCUT2D eigenvalue weighted by Gasteiger charge is 2.24. The van der Waals surface area contributed by atoms with Crippen LogP contribution in [-0.2, 0) is 20.0 Å². The first kappa shape index (κ1) is 21.9. The first-order valence-electron chi connectivity index (χ1n) is 9.26. The summed E-state index contributed by atoms with van der Waals surface area (Å²) in [5.41, 5.74) is 1.08. The second kappa shape index (κ2) is 8.65. The van der Waals surface area contributed by atoms with E-state index >= 15 is 0 Å². The van der Waals surface area contributed by atoms with Gasteiger partial charge in [0.25, 0.3) is 20.0 Å². The Bertz CT molecular complexity index is 1440. The number of benzene rings is 3. The molecule has 0 unspecified atom stereocenters. The van der Waals surface area contributed by atoms with Crippen LogP contribution in [0.3, 0.4) is 0 Å². The summed E-state index contributed by atoms with van der Waals surface area (Å²) < 4.78 is 53.9. The van der Waals surface area contributed by atoms with Gasteiger partial charge in [0.1, 0.15) is 0 Å². The van der Waals surface area contributed by atoms with Crippen molar-refractivity contribution in [1.82, 2.24) is 9.89 Å². The fourth-order valence-electron chi connectivity index (χ4n) is 2.87. The predicted molar refractivity (Wildman–Crippen MR) is 123 cm³/mol. The van der Waals surface area contributed by atoms with Crippen molar-refractivity contribution < 1.29 is 16.8 Å². The van der Waals surface area contributed by atoms with Gasteiger partial charge in [0, 0.05) is 22.3 Å². The van der Waals surface area contributed by atoms with Crippen LogP contribution in [0.15, 0.2) is 101 Å². The van der Waals surface area contributed by atoms with Crippen LogP contribution in [-0.4, -0.2) is 26.7 Å². The van der Waals surface area contributed by atoms with Crippen molar-refractivity contribution in [1.29, 1.82) is 0 Å².